The molecule has 2 N–H and O–H groups in total. The highest BCUT2D eigenvalue weighted by Crippen LogP contribution is 2.31. The summed E-state index contributed by atoms with van der Waals surface area (Å²) in [5.74, 6) is -1.06. The number of benzene rings is 2. The number of carbonyl (C=O) groups is 2. The predicted molar refractivity (Wildman–Crippen MR) is 134 cm³/mol. The molecule has 3 aromatic heterocycles. The SMILES string of the molecule is Cc1oc2cc3oc(=O)c(CCC(=O)N[C@@H](Cc4c[nH]c5ccccc45)C(=O)[O-])c(C)c3cc2c1C. The summed E-state index contributed by atoms with van der Waals surface area (Å²) in [4.78, 5) is 40.2. The van der Waals surface area contributed by atoms with Gasteiger partial charge >= 0.3 is 5.63 Å². The molecule has 0 radical (unpaired) electrons. The van der Waals surface area contributed by atoms with Gasteiger partial charge in [0, 0.05) is 52.3 Å². The minimum atomic E-state index is -1.37. The molecule has 8 heteroatoms. The third kappa shape index (κ3) is 4.15. The minimum absolute atomic E-state index is 0.0686. The van der Waals surface area contributed by atoms with E-state index in [2.05, 4.69) is 10.3 Å². The maximum Gasteiger partial charge on any atom is 0.339 e. The molecule has 0 saturated carbocycles. The molecule has 5 aromatic rings. The standard InChI is InChI=1S/C28H26N2O6/c1-14-16(3)35-24-12-25-21(11-20(14)24)15(2)18(28(34)36-25)8-9-26(31)30-23(27(32)33)10-17-13-29-22-7-5-4-6-19(17)22/h4-7,11-13,23,29H,8-10H2,1-3H3,(H,30,31)(H,32,33)/p-1/t23-/m0/s1. The van der Waals surface area contributed by atoms with Crippen molar-refractivity contribution in [1.29, 1.82) is 0 Å². The van der Waals surface area contributed by atoms with E-state index in [1.54, 1.807) is 12.3 Å². The van der Waals surface area contributed by atoms with Crippen molar-refractivity contribution in [2.45, 2.75) is 46.1 Å². The Labute approximate surface area is 205 Å². The molecule has 5 rings (SSSR count). The summed E-state index contributed by atoms with van der Waals surface area (Å²) in [5.41, 5.74) is 4.32. The van der Waals surface area contributed by atoms with E-state index in [1.807, 2.05) is 51.1 Å². The van der Waals surface area contributed by atoms with Gasteiger partial charge in [-0.1, -0.05) is 18.2 Å². The minimum Gasteiger partial charge on any atom is -0.548 e. The van der Waals surface area contributed by atoms with Crippen molar-refractivity contribution >= 4 is 44.7 Å². The van der Waals surface area contributed by atoms with Crippen molar-refractivity contribution in [2.75, 3.05) is 0 Å². The number of fused-ring (bicyclic) bond motifs is 3. The fraction of sp³-hybridized carbons (Fsp3) is 0.250. The van der Waals surface area contributed by atoms with Crippen LogP contribution in [0.2, 0.25) is 0 Å². The first-order valence-corrected chi connectivity index (χ1v) is 11.7. The number of carboxylic acids is 1. The molecule has 36 heavy (non-hydrogen) atoms. The van der Waals surface area contributed by atoms with E-state index in [4.69, 9.17) is 8.83 Å². The Morgan fingerprint density at radius 2 is 1.72 bits per heavy atom. The first kappa shape index (κ1) is 23.4. The molecule has 184 valence electrons. The number of amides is 1. The fourth-order valence-electron chi connectivity index (χ4n) is 4.73. The van der Waals surface area contributed by atoms with Crippen molar-refractivity contribution in [1.82, 2.24) is 10.3 Å². The number of hydrogen-bond acceptors (Lipinski definition) is 6. The van der Waals surface area contributed by atoms with Gasteiger partial charge < -0.3 is 29.0 Å². The number of rotatable bonds is 7. The fourth-order valence-corrected chi connectivity index (χ4v) is 4.73. The number of aliphatic carboxylic acids is 1. The maximum atomic E-state index is 12.7. The number of carbonyl (C=O) groups excluding carboxylic acids is 2. The second kappa shape index (κ2) is 9.03. The second-order valence-corrected chi connectivity index (χ2v) is 9.12. The quantitative estimate of drug-likeness (QED) is 0.340. The number of aromatic amines is 1. The average Bonchev–Trinajstić information content (AvgIpc) is 3.37. The molecule has 1 atom stereocenters. The summed E-state index contributed by atoms with van der Waals surface area (Å²) in [7, 11) is 0. The van der Waals surface area contributed by atoms with Crippen LogP contribution < -0.4 is 16.0 Å². The predicted octanol–water partition coefficient (Wildman–Crippen LogP) is 3.36. The number of furan rings is 1. The number of H-pyrrole nitrogens is 1. The number of carboxylic acid groups (broad SMARTS) is 1. The van der Waals surface area contributed by atoms with Crippen molar-refractivity contribution in [2.24, 2.45) is 0 Å². The van der Waals surface area contributed by atoms with E-state index >= 15 is 0 Å². The number of aryl methyl sites for hydroxylation is 3. The van der Waals surface area contributed by atoms with Gasteiger partial charge in [-0.05, 0) is 56.0 Å². The molecule has 0 bridgehead atoms. The normalized spacial score (nSPS) is 12.4. The van der Waals surface area contributed by atoms with E-state index in [1.165, 1.54) is 0 Å². The summed E-state index contributed by atoms with van der Waals surface area (Å²) in [5, 5.41) is 16.9. The Balaban J connectivity index is 1.34. The molecule has 8 nitrogen and oxygen atoms in total. The van der Waals surface area contributed by atoms with Crippen LogP contribution in [0.25, 0.3) is 32.8 Å². The lowest BCUT2D eigenvalue weighted by Gasteiger charge is -2.19. The van der Waals surface area contributed by atoms with Gasteiger partial charge in [0.2, 0.25) is 5.91 Å². The van der Waals surface area contributed by atoms with E-state index in [0.717, 1.165) is 44.1 Å². The van der Waals surface area contributed by atoms with E-state index in [-0.39, 0.29) is 19.3 Å². The van der Waals surface area contributed by atoms with Crippen LogP contribution >= 0.6 is 0 Å². The van der Waals surface area contributed by atoms with Crippen LogP contribution in [-0.4, -0.2) is 22.9 Å². The van der Waals surface area contributed by atoms with E-state index in [9.17, 15) is 19.5 Å². The molecule has 0 aliphatic heterocycles. The van der Waals surface area contributed by atoms with E-state index in [0.29, 0.717) is 16.7 Å². The first-order chi connectivity index (χ1) is 17.2. The zero-order valence-corrected chi connectivity index (χ0v) is 20.2. The molecule has 3 heterocycles. The zero-order valence-electron chi connectivity index (χ0n) is 20.2. The topological polar surface area (TPSA) is 128 Å². The summed E-state index contributed by atoms with van der Waals surface area (Å²) in [6, 6.07) is 9.97. The number of para-hydroxylation sites is 1. The zero-order chi connectivity index (χ0) is 25.6. The molecule has 0 saturated heterocycles. The van der Waals surface area contributed by atoms with Crippen LogP contribution in [0.15, 0.2) is 56.2 Å². The van der Waals surface area contributed by atoms with Gasteiger partial charge in [0.1, 0.15) is 16.9 Å². The van der Waals surface area contributed by atoms with Crippen molar-refractivity contribution < 1.29 is 23.5 Å². The Morgan fingerprint density at radius 1 is 1.00 bits per heavy atom. The molecular formula is C28H25N2O6-. The highest BCUT2D eigenvalue weighted by Gasteiger charge is 2.19. The lowest BCUT2D eigenvalue weighted by molar-refractivity contribution is -0.308. The first-order valence-electron chi connectivity index (χ1n) is 11.7. The van der Waals surface area contributed by atoms with Gasteiger partial charge in [-0.2, -0.15) is 0 Å². The highest BCUT2D eigenvalue weighted by atomic mass is 16.4. The molecular weight excluding hydrogens is 460 g/mol. The molecule has 0 aliphatic rings. The van der Waals surface area contributed by atoms with Crippen LogP contribution in [-0.2, 0) is 22.4 Å². The molecule has 0 aliphatic carbocycles. The largest absolute Gasteiger partial charge is 0.548 e. The van der Waals surface area contributed by atoms with Crippen molar-refractivity contribution in [3.63, 3.8) is 0 Å². The van der Waals surface area contributed by atoms with Gasteiger partial charge in [-0.15, -0.1) is 0 Å². The summed E-state index contributed by atoms with van der Waals surface area (Å²) in [6.07, 6.45) is 1.86. The average molecular weight is 486 g/mol. The van der Waals surface area contributed by atoms with Crippen LogP contribution in [0.5, 0.6) is 0 Å². The maximum absolute atomic E-state index is 12.7. The third-order valence-electron chi connectivity index (χ3n) is 6.90. The van der Waals surface area contributed by atoms with E-state index < -0.39 is 23.5 Å². The van der Waals surface area contributed by atoms with Crippen molar-refractivity contribution in [3.05, 3.63) is 81.0 Å². The Kier molecular flexibility index (Phi) is 5.88. The highest BCUT2D eigenvalue weighted by molar-refractivity contribution is 5.97. The van der Waals surface area contributed by atoms with Crippen LogP contribution in [0.1, 0.15) is 34.4 Å². The summed E-state index contributed by atoms with van der Waals surface area (Å²) >= 11 is 0. The van der Waals surface area contributed by atoms with Crippen LogP contribution in [0, 0.1) is 20.8 Å². The van der Waals surface area contributed by atoms with Gasteiger partial charge in [0.05, 0.1) is 12.0 Å². The lowest BCUT2D eigenvalue weighted by Crippen LogP contribution is -2.49. The van der Waals surface area contributed by atoms with Gasteiger partial charge in [-0.3, -0.25) is 4.79 Å². The molecule has 0 spiro atoms. The lowest BCUT2D eigenvalue weighted by atomic mass is 10.00. The van der Waals surface area contributed by atoms with Crippen LogP contribution in [0.3, 0.4) is 0 Å². The summed E-state index contributed by atoms with van der Waals surface area (Å²) in [6.45, 7) is 5.67. The molecule has 0 unspecified atom stereocenters. The number of aromatic nitrogens is 1. The van der Waals surface area contributed by atoms with Crippen molar-refractivity contribution in [3.8, 4) is 0 Å². The molecule has 0 fully saturated rings. The monoisotopic (exact) mass is 485 g/mol. The number of hydrogen-bond donors (Lipinski definition) is 2. The Hall–Kier alpha value is -4.33. The van der Waals surface area contributed by atoms with Gasteiger partial charge in [0.15, 0.2) is 0 Å². The van der Waals surface area contributed by atoms with Gasteiger partial charge in [-0.25, -0.2) is 4.79 Å². The summed E-state index contributed by atoms with van der Waals surface area (Å²) < 4.78 is 11.3. The Morgan fingerprint density at radius 3 is 2.50 bits per heavy atom. The third-order valence-corrected chi connectivity index (χ3v) is 6.90. The Bertz CT molecular complexity index is 1700. The second-order valence-electron chi connectivity index (χ2n) is 9.12. The van der Waals surface area contributed by atoms with Crippen LogP contribution in [0.4, 0.5) is 0 Å². The van der Waals surface area contributed by atoms with Gasteiger partial charge in [0.25, 0.3) is 0 Å². The molecule has 1 amide bonds. The smallest absolute Gasteiger partial charge is 0.339 e. The molecule has 2 aromatic carbocycles. The number of nitrogens with one attached hydrogen (secondary N) is 2.